The Bertz CT molecular complexity index is 679. The number of nitrogens with one attached hydrogen (secondary N) is 3. The van der Waals surface area contributed by atoms with Crippen molar-refractivity contribution >= 4 is 29.2 Å². The highest BCUT2D eigenvalue weighted by Crippen LogP contribution is 2.14. The fourth-order valence-corrected chi connectivity index (χ4v) is 1.73. The minimum absolute atomic E-state index is 0.0954. The second kappa shape index (κ2) is 6.71. The maximum atomic E-state index is 13.0. The molecule has 0 radical (unpaired) electrons. The van der Waals surface area contributed by atoms with Crippen molar-refractivity contribution in [2.45, 2.75) is 0 Å². The molecule has 0 aliphatic heterocycles. The van der Waals surface area contributed by atoms with Crippen molar-refractivity contribution in [1.82, 2.24) is 10.9 Å². The number of halogens is 2. The Kier molecular flexibility index (Phi) is 4.73. The maximum Gasteiger partial charge on any atom is 0.337 e. The number of carbonyl (C=O) groups is 2. The second-order valence-corrected chi connectivity index (χ2v) is 4.49. The maximum absolute atomic E-state index is 13.0. The number of hydrogen-bond acceptors (Lipinski definition) is 2. The van der Waals surface area contributed by atoms with Crippen LogP contribution in [0.2, 0.25) is 5.02 Å². The zero-order valence-corrected chi connectivity index (χ0v) is 11.4. The number of anilines is 1. The predicted molar refractivity (Wildman–Crippen MR) is 77.5 cm³/mol. The summed E-state index contributed by atoms with van der Waals surface area (Å²) in [7, 11) is 0. The SMILES string of the molecule is O=C(NNC(=O)c1cccc(F)c1)Nc1cccc(Cl)c1. The van der Waals surface area contributed by atoms with Crippen LogP contribution in [0.1, 0.15) is 10.4 Å². The number of benzene rings is 2. The molecule has 0 aromatic heterocycles. The van der Waals surface area contributed by atoms with Gasteiger partial charge in [0.2, 0.25) is 0 Å². The standard InChI is InChI=1S/C14H11ClFN3O2/c15-10-4-2-6-12(8-10)17-14(21)19-18-13(20)9-3-1-5-11(16)7-9/h1-8H,(H,18,20)(H2,17,19,21). The number of urea groups is 1. The minimum Gasteiger partial charge on any atom is -0.307 e. The van der Waals surface area contributed by atoms with Gasteiger partial charge >= 0.3 is 6.03 Å². The molecule has 0 bridgehead atoms. The number of hydrogen-bond donors (Lipinski definition) is 3. The zero-order valence-electron chi connectivity index (χ0n) is 10.7. The Morgan fingerprint density at radius 1 is 1.00 bits per heavy atom. The van der Waals surface area contributed by atoms with Crippen LogP contribution in [0, 0.1) is 5.82 Å². The van der Waals surface area contributed by atoms with E-state index in [2.05, 4.69) is 16.2 Å². The summed E-state index contributed by atoms with van der Waals surface area (Å²) in [6.45, 7) is 0. The molecule has 0 saturated carbocycles. The Hall–Kier alpha value is -2.60. The van der Waals surface area contributed by atoms with E-state index in [1.54, 1.807) is 24.3 Å². The van der Waals surface area contributed by atoms with Gasteiger partial charge in [-0.2, -0.15) is 0 Å². The van der Waals surface area contributed by atoms with Crippen LogP contribution in [-0.4, -0.2) is 11.9 Å². The van der Waals surface area contributed by atoms with E-state index in [1.165, 1.54) is 18.2 Å². The van der Waals surface area contributed by atoms with Crippen LogP contribution < -0.4 is 16.2 Å². The quantitative estimate of drug-likeness (QED) is 0.747. The van der Waals surface area contributed by atoms with Crippen LogP contribution in [0.3, 0.4) is 0 Å². The fraction of sp³-hybridized carbons (Fsp3) is 0. The number of rotatable bonds is 2. The largest absolute Gasteiger partial charge is 0.337 e. The molecular weight excluding hydrogens is 297 g/mol. The topological polar surface area (TPSA) is 70.2 Å². The molecule has 0 aliphatic carbocycles. The lowest BCUT2D eigenvalue weighted by atomic mass is 10.2. The first-order valence-electron chi connectivity index (χ1n) is 5.93. The van der Waals surface area contributed by atoms with E-state index in [1.807, 2.05) is 0 Å². The Balaban J connectivity index is 1.88. The van der Waals surface area contributed by atoms with Gasteiger partial charge in [0.05, 0.1) is 0 Å². The molecule has 0 heterocycles. The van der Waals surface area contributed by atoms with Crippen molar-refractivity contribution in [2.75, 3.05) is 5.32 Å². The van der Waals surface area contributed by atoms with E-state index in [0.29, 0.717) is 10.7 Å². The van der Waals surface area contributed by atoms with Gasteiger partial charge in [0.15, 0.2) is 0 Å². The highest BCUT2D eigenvalue weighted by molar-refractivity contribution is 6.30. The van der Waals surface area contributed by atoms with Crippen molar-refractivity contribution in [2.24, 2.45) is 0 Å². The lowest BCUT2D eigenvalue weighted by Crippen LogP contribution is -2.43. The molecule has 5 nitrogen and oxygen atoms in total. The molecule has 21 heavy (non-hydrogen) atoms. The molecule has 2 aromatic rings. The van der Waals surface area contributed by atoms with E-state index in [4.69, 9.17) is 11.6 Å². The van der Waals surface area contributed by atoms with E-state index >= 15 is 0 Å². The van der Waals surface area contributed by atoms with Gasteiger partial charge in [0, 0.05) is 16.3 Å². The molecule has 0 saturated heterocycles. The summed E-state index contributed by atoms with van der Waals surface area (Å²) in [6, 6.07) is 11.0. The third-order valence-corrected chi connectivity index (χ3v) is 2.69. The van der Waals surface area contributed by atoms with Crippen LogP contribution in [-0.2, 0) is 0 Å². The lowest BCUT2D eigenvalue weighted by Gasteiger charge is -2.09. The summed E-state index contributed by atoms with van der Waals surface area (Å²) < 4.78 is 13.0. The van der Waals surface area contributed by atoms with Crippen LogP contribution in [0.4, 0.5) is 14.9 Å². The molecule has 0 aliphatic rings. The van der Waals surface area contributed by atoms with Crippen molar-refractivity contribution < 1.29 is 14.0 Å². The summed E-state index contributed by atoms with van der Waals surface area (Å²) in [5.74, 6) is -1.17. The molecule has 3 N–H and O–H groups in total. The number of amides is 3. The van der Waals surface area contributed by atoms with Crippen LogP contribution in [0.15, 0.2) is 48.5 Å². The first kappa shape index (κ1) is 14.8. The van der Waals surface area contributed by atoms with Gasteiger partial charge in [-0.3, -0.25) is 10.2 Å². The van der Waals surface area contributed by atoms with Crippen LogP contribution in [0.5, 0.6) is 0 Å². The Morgan fingerprint density at radius 2 is 1.76 bits per heavy atom. The lowest BCUT2D eigenvalue weighted by molar-refractivity contribution is 0.0937. The molecule has 3 amide bonds. The zero-order chi connectivity index (χ0) is 15.2. The average Bonchev–Trinajstić information content (AvgIpc) is 2.45. The fourth-order valence-electron chi connectivity index (χ4n) is 1.54. The molecule has 0 spiro atoms. The van der Waals surface area contributed by atoms with Crippen molar-refractivity contribution in [3.05, 3.63) is 64.9 Å². The first-order valence-corrected chi connectivity index (χ1v) is 6.31. The van der Waals surface area contributed by atoms with E-state index in [0.717, 1.165) is 6.07 Å². The van der Waals surface area contributed by atoms with Crippen molar-refractivity contribution in [3.63, 3.8) is 0 Å². The first-order chi connectivity index (χ1) is 10.0. The summed E-state index contributed by atoms with van der Waals surface area (Å²) in [5.41, 5.74) is 4.88. The smallest absolute Gasteiger partial charge is 0.307 e. The second-order valence-electron chi connectivity index (χ2n) is 4.05. The minimum atomic E-state index is -0.651. The van der Waals surface area contributed by atoms with Gasteiger partial charge in [-0.15, -0.1) is 0 Å². The number of hydrazine groups is 1. The van der Waals surface area contributed by atoms with Gasteiger partial charge in [-0.25, -0.2) is 14.6 Å². The third-order valence-electron chi connectivity index (χ3n) is 2.46. The van der Waals surface area contributed by atoms with Gasteiger partial charge in [-0.05, 0) is 36.4 Å². The molecule has 0 unspecified atom stereocenters. The average molecular weight is 308 g/mol. The van der Waals surface area contributed by atoms with Gasteiger partial charge in [0.25, 0.3) is 5.91 Å². The molecule has 108 valence electrons. The van der Waals surface area contributed by atoms with Gasteiger partial charge < -0.3 is 5.32 Å². The Labute approximate surface area is 125 Å². The molecule has 2 rings (SSSR count). The van der Waals surface area contributed by atoms with Crippen LogP contribution in [0.25, 0.3) is 0 Å². The monoisotopic (exact) mass is 307 g/mol. The van der Waals surface area contributed by atoms with Crippen LogP contribution >= 0.6 is 11.6 Å². The van der Waals surface area contributed by atoms with Crippen molar-refractivity contribution in [3.8, 4) is 0 Å². The van der Waals surface area contributed by atoms with E-state index < -0.39 is 17.8 Å². The summed E-state index contributed by atoms with van der Waals surface area (Å²) in [5, 5.41) is 2.95. The van der Waals surface area contributed by atoms with E-state index in [9.17, 15) is 14.0 Å². The molecule has 7 heteroatoms. The highest BCUT2D eigenvalue weighted by Gasteiger charge is 2.08. The summed E-state index contributed by atoms with van der Waals surface area (Å²) in [6.07, 6.45) is 0. The normalized spacial score (nSPS) is 9.81. The van der Waals surface area contributed by atoms with Gasteiger partial charge in [0.1, 0.15) is 5.82 Å². The van der Waals surface area contributed by atoms with Crippen molar-refractivity contribution in [1.29, 1.82) is 0 Å². The molecule has 0 atom stereocenters. The molecular formula is C14H11ClFN3O2. The summed E-state index contributed by atoms with van der Waals surface area (Å²) in [4.78, 5) is 23.2. The molecule has 0 fully saturated rings. The molecule has 2 aromatic carbocycles. The number of carbonyl (C=O) groups excluding carboxylic acids is 2. The predicted octanol–water partition coefficient (Wildman–Crippen LogP) is 2.95. The third kappa shape index (κ3) is 4.47. The summed E-state index contributed by atoms with van der Waals surface area (Å²) >= 11 is 5.77. The van der Waals surface area contributed by atoms with E-state index in [-0.39, 0.29) is 5.56 Å². The Morgan fingerprint density at radius 3 is 2.48 bits per heavy atom. The highest BCUT2D eigenvalue weighted by atomic mass is 35.5. The van der Waals surface area contributed by atoms with Gasteiger partial charge in [-0.1, -0.05) is 23.7 Å².